The summed E-state index contributed by atoms with van der Waals surface area (Å²) in [5, 5.41) is 3.33. The first-order valence-electron chi connectivity index (χ1n) is 11.9. The third-order valence-electron chi connectivity index (χ3n) is 6.48. The fraction of sp³-hybridized carbons (Fsp3) is 0.500. The fourth-order valence-electron chi connectivity index (χ4n) is 4.74. The van der Waals surface area contributed by atoms with Gasteiger partial charge in [0.05, 0.1) is 18.8 Å². The number of ether oxygens (including phenoxy) is 1. The fourth-order valence-corrected chi connectivity index (χ4v) is 5.01. The molecule has 2 aliphatic rings. The Kier molecular flexibility index (Phi) is 7.37. The summed E-state index contributed by atoms with van der Waals surface area (Å²) in [5.41, 5.74) is -0.327. The Morgan fingerprint density at radius 3 is 2.54 bits per heavy atom. The molecule has 1 saturated carbocycles. The van der Waals surface area contributed by atoms with E-state index >= 15 is 0 Å². The summed E-state index contributed by atoms with van der Waals surface area (Å²) in [4.78, 5) is 31.8. The summed E-state index contributed by atoms with van der Waals surface area (Å²) in [6, 6.07) is 0.828. The van der Waals surface area contributed by atoms with Crippen LogP contribution in [0.5, 0.6) is 0 Å². The Bertz CT molecular complexity index is 1390. The van der Waals surface area contributed by atoms with Gasteiger partial charge < -0.3 is 19.8 Å². The van der Waals surface area contributed by atoms with Gasteiger partial charge in [-0.05, 0) is 19.3 Å². The highest BCUT2D eigenvalue weighted by atomic mass is 31.2. The molecular weight excluding hydrogens is 516 g/mol. The molecule has 1 saturated heterocycles. The molecule has 3 aromatic rings. The number of nitrogens with zero attached hydrogens (tertiary/aromatic N) is 5. The molecule has 1 atom stereocenters. The minimum absolute atomic E-state index is 0.118. The molecular formula is C22H26F3N6O5P. The molecule has 1 aromatic carbocycles. The van der Waals surface area contributed by atoms with Crippen LogP contribution in [0.3, 0.4) is 0 Å². The van der Waals surface area contributed by atoms with Crippen LogP contribution in [0, 0.1) is 17.5 Å². The van der Waals surface area contributed by atoms with Crippen LogP contribution in [-0.2, 0) is 20.6 Å². The first-order valence-corrected chi connectivity index (χ1v) is 13.4. The zero-order valence-corrected chi connectivity index (χ0v) is 20.6. The molecule has 5 rings (SSSR count). The highest BCUT2D eigenvalue weighted by Gasteiger charge is 2.27. The minimum atomic E-state index is -4.93. The number of imidazole rings is 1. The number of fused-ring (bicyclic) bond motifs is 1. The smallest absolute Gasteiger partial charge is 0.379 e. The van der Waals surface area contributed by atoms with Gasteiger partial charge in [0, 0.05) is 24.8 Å². The van der Waals surface area contributed by atoms with Crippen molar-refractivity contribution >= 4 is 30.6 Å². The SMILES string of the molecule is O=P(O)(O)OCn1c(=Nc2c(F)cc(F)cc2F)n(C2CCOC2)c2nc(NC3CCCCC3)ncc21. The first-order chi connectivity index (χ1) is 17.7. The van der Waals surface area contributed by atoms with Crippen LogP contribution in [0.2, 0.25) is 0 Å². The summed E-state index contributed by atoms with van der Waals surface area (Å²) < 4.78 is 67.2. The van der Waals surface area contributed by atoms with Crippen molar-refractivity contribution in [3.05, 3.63) is 41.4 Å². The molecule has 15 heteroatoms. The van der Waals surface area contributed by atoms with Crippen molar-refractivity contribution in [3.63, 3.8) is 0 Å². The number of anilines is 1. The van der Waals surface area contributed by atoms with Gasteiger partial charge in [-0.25, -0.2) is 27.7 Å². The van der Waals surface area contributed by atoms with Gasteiger partial charge in [-0.1, -0.05) is 19.3 Å². The van der Waals surface area contributed by atoms with E-state index in [1.54, 1.807) is 4.57 Å². The maximum absolute atomic E-state index is 14.6. The van der Waals surface area contributed by atoms with E-state index in [0.29, 0.717) is 36.8 Å². The average molecular weight is 542 g/mol. The lowest BCUT2D eigenvalue weighted by Gasteiger charge is -2.22. The molecule has 11 nitrogen and oxygen atoms in total. The second-order valence-electron chi connectivity index (χ2n) is 9.08. The van der Waals surface area contributed by atoms with Crippen LogP contribution >= 0.6 is 7.82 Å². The van der Waals surface area contributed by atoms with Crippen molar-refractivity contribution in [2.75, 3.05) is 18.5 Å². The van der Waals surface area contributed by atoms with Crippen molar-refractivity contribution in [1.82, 2.24) is 19.1 Å². The van der Waals surface area contributed by atoms with Gasteiger partial charge >= 0.3 is 7.82 Å². The number of aromatic nitrogens is 4. The molecule has 1 aliphatic carbocycles. The number of phosphoric acid groups is 1. The maximum atomic E-state index is 14.6. The van der Waals surface area contributed by atoms with Crippen LogP contribution in [0.15, 0.2) is 23.3 Å². The van der Waals surface area contributed by atoms with Crippen LogP contribution < -0.4 is 10.9 Å². The molecule has 0 bridgehead atoms. The average Bonchev–Trinajstić information content (AvgIpc) is 3.46. The highest BCUT2D eigenvalue weighted by molar-refractivity contribution is 7.46. The van der Waals surface area contributed by atoms with Gasteiger partial charge in [0.25, 0.3) is 0 Å². The van der Waals surface area contributed by atoms with Crippen LogP contribution in [0.1, 0.15) is 44.6 Å². The monoisotopic (exact) mass is 542 g/mol. The van der Waals surface area contributed by atoms with E-state index in [0.717, 1.165) is 25.7 Å². The first kappa shape index (κ1) is 25.9. The minimum Gasteiger partial charge on any atom is -0.379 e. The molecule has 0 spiro atoms. The predicted molar refractivity (Wildman–Crippen MR) is 125 cm³/mol. The van der Waals surface area contributed by atoms with E-state index in [-0.39, 0.29) is 29.8 Å². The zero-order chi connectivity index (χ0) is 26.2. The lowest BCUT2D eigenvalue weighted by atomic mass is 9.96. The van der Waals surface area contributed by atoms with Gasteiger partial charge in [-0.15, -0.1) is 0 Å². The van der Waals surface area contributed by atoms with Gasteiger partial charge in [-0.3, -0.25) is 13.7 Å². The Hall–Kier alpha value is -2.77. The Labute approximate surface area is 209 Å². The second kappa shape index (κ2) is 10.5. The van der Waals surface area contributed by atoms with Crippen LogP contribution in [0.25, 0.3) is 11.2 Å². The summed E-state index contributed by atoms with van der Waals surface area (Å²) in [6.45, 7) is -0.0564. The molecule has 200 valence electrons. The van der Waals surface area contributed by atoms with E-state index < -0.39 is 37.7 Å². The number of rotatable bonds is 7. The standard InChI is InChI=1S/C22H26F3N6O5P/c23-13-8-16(24)19(17(25)9-13)28-22-30(12-36-37(32,33)34)18-10-26-21(27-14-4-2-1-3-5-14)29-20(18)31(22)15-6-7-35-11-15/h8-10,14-15H,1-7,11-12H2,(H,26,27,29)(H2,32,33,34). The Morgan fingerprint density at radius 2 is 1.89 bits per heavy atom. The molecule has 0 radical (unpaired) electrons. The molecule has 1 aliphatic heterocycles. The summed E-state index contributed by atoms with van der Waals surface area (Å²) in [6.07, 6.45) is 7.25. The number of halogens is 3. The summed E-state index contributed by atoms with van der Waals surface area (Å²) >= 11 is 0. The van der Waals surface area contributed by atoms with E-state index in [2.05, 4.69) is 20.3 Å². The number of hydrogen-bond donors (Lipinski definition) is 3. The lowest BCUT2D eigenvalue weighted by Crippen LogP contribution is -2.30. The predicted octanol–water partition coefficient (Wildman–Crippen LogP) is 3.66. The quantitative estimate of drug-likeness (QED) is 0.385. The van der Waals surface area contributed by atoms with Crippen molar-refractivity contribution < 1.29 is 36.8 Å². The van der Waals surface area contributed by atoms with E-state index in [4.69, 9.17) is 9.26 Å². The molecule has 37 heavy (non-hydrogen) atoms. The van der Waals surface area contributed by atoms with Crippen LogP contribution in [-0.4, -0.2) is 48.1 Å². The van der Waals surface area contributed by atoms with Crippen molar-refractivity contribution in [1.29, 1.82) is 0 Å². The van der Waals surface area contributed by atoms with Crippen molar-refractivity contribution in [2.24, 2.45) is 4.99 Å². The molecule has 2 aromatic heterocycles. The third-order valence-corrected chi connectivity index (χ3v) is 6.94. The van der Waals surface area contributed by atoms with Gasteiger partial charge in [-0.2, -0.15) is 4.98 Å². The normalized spacial score (nSPS) is 19.7. The topological polar surface area (TPSA) is 136 Å². The summed E-state index contributed by atoms with van der Waals surface area (Å²) in [5.74, 6) is -3.26. The van der Waals surface area contributed by atoms with E-state index in [9.17, 15) is 27.5 Å². The highest BCUT2D eigenvalue weighted by Crippen LogP contribution is 2.36. The molecule has 2 fully saturated rings. The van der Waals surface area contributed by atoms with Crippen molar-refractivity contribution in [2.45, 2.75) is 57.3 Å². The molecule has 1 unspecified atom stereocenters. The Balaban J connectivity index is 1.72. The number of hydrogen-bond acceptors (Lipinski definition) is 7. The zero-order valence-electron chi connectivity index (χ0n) is 19.7. The maximum Gasteiger partial charge on any atom is 0.471 e. The van der Waals surface area contributed by atoms with Gasteiger partial charge in [0.1, 0.15) is 23.8 Å². The van der Waals surface area contributed by atoms with Crippen molar-refractivity contribution in [3.8, 4) is 0 Å². The summed E-state index contributed by atoms with van der Waals surface area (Å²) in [7, 11) is -4.93. The number of phosphoric ester groups is 1. The molecule has 0 amide bonds. The Morgan fingerprint density at radius 1 is 1.16 bits per heavy atom. The molecule has 3 heterocycles. The van der Waals surface area contributed by atoms with Gasteiger partial charge in [0.15, 0.2) is 17.3 Å². The third kappa shape index (κ3) is 5.73. The number of nitrogens with one attached hydrogen (secondary N) is 1. The van der Waals surface area contributed by atoms with E-state index in [1.807, 2.05) is 0 Å². The largest absolute Gasteiger partial charge is 0.471 e. The number of benzene rings is 1. The molecule has 3 N–H and O–H groups in total. The second-order valence-corrected chi connectivity index (χ2v) is 10.3. The van der Waals surface area contributed by atoms with Gasteiger partial charge in [0.2, 0.25) is 11.6 Å². The van der Waals surface area contributed by atoms with E-state index in [1.165, 1.54) is 17.2 Å². The lowest BCUT2D eigenvalue weighted by molar-refractivity contribution is 0.152. The van der Waals surface area contributed by atoms with Crippen LogP contribution in [0.4, 0.5) is 24.8 Å².